The number of halogens is 2. The molecule has 2 N–H and O–H groups in total. The Hall–Kier alpha value is -4.84. The van der Waals surface area contributed by atoms with Crippen LogP contribution in [0.3, 0.4) is 0 Å². The molecule has 53 heavy (non-hydrogen) atoms. The van der Waals surface area contributed by atoms with Crippen LogP contribution in [-0.4, -0.2) is 84.9 Å². The van der Waals surface area contributed by atoms with E-state index in [1.165, 1.54) is 23.1 Å². The van der Waals surface area contributed by atoms with E-state index in [9.17, 15) is 23.6 Å². The Morgan fingerprint density at radius 2 is 1.66 bits per heavy atom. The van der Waals surface area contributed by atoms with Crippen molar-refractivity contribution in [3.8, 4) is 23.0 Å². The summed E-state index contributed by atoms with van der Waals surface area (Å²) in [5.41, 5.74) is 0.179. The van der Waals surface area contributed by atoms with Gasteiger partial charge in [0.05, 0.1) is 24.1 Å². The first-order valence-electron chi connectivity index (χ1n) is 17.8. The predicted molar refractivity (Wildman–Crippen MR) is 201 cm³/mol. The summed E-state index contributed by atoms with van der Waals surface area (Å²) in [5, 5.41) is 5.99. The molecule has 286 valence electrons. The molecular formula is C40H50ClFN4O7. The van der Waals surface area contributed by atoms with Crippen molar-refractivity contribution in [2.24, 2.45) is 11.8 Å². The van der Waals surface area contributed by atoms with Crippen molar-refractivity contribution in [2.45, 2.75) is 78.0 Å². The molecule has 1 aliphatic rings. The minimum absolute atomic E-state index is 0.0662. The molecule has 0 radical (unpaired) electrons. The second kappa shape index (κ2) is 18.8. The van der Waals surface area contributed by atoms with E-state index in [4.69, 9.17) is 25.8 Å². The lowest BCUT2D eigenvalue weighted by Crippen LogP contribution is -2.55. The van der Waals surface area contributed by atoms with Gasteiger partial charge >= 0.3 is 0 Å². The Morgan fingerprint density at radius 1 is 0.943 bits per heavy atom. The average molecular weight is 753 g/mol. The summed E-state index contributed by atoms with van der Waals surface area (Å²) < 4.78 is 32.1. The van der Waals surface area contributed by atoms with Gasteiger partial charge < -0.3 is 34.6 Å². The molecule has 1 heterocycles. The van der Waals surface area contributed by atoms with Crippen molar-refractivity contribution in [1.82, 2.24) is 20.4 Å². The minimum Gasteiger partial charge on any atom is -0.491 e. The Kier molecular flexibility index (Phi) is 14.5. The number of fused-ring (bicyclic) bond motifs is 1. The highest BCUT2D eigenvalue weighted by Gasteiger charge is 2.36. The summed E-state index contributed by atoms with van der Waals surface area (Å²) in [6.07, 6.45) is 0.624. The highest BCUT2D eigenvalue weighted by Crippen LogP contribution is 2.33. The third-order valence-electron chi connectivity index (χ3n) is 8.85. The highest BCUT2D eigenvalue weighted by atomic mass is 35.5. The quantitative estimate of drug-likeness (QED) is 0.230. The van der Waals surface area contributed by atoms with Gasteiger partial charge in [-0.15, -0.1) is 0 Å². The maximum absolute atomic E-state index is 14.2. The van der Waals surface area contributed by atoms with E-state index in [-0.39, 0.29) is 59.8 Å². The van der Waals surface area contributed by atoms with Crippen LogP contribution in [0.1, 0.15) is 64.2 Å². The molecule has 4 amide bonds. The number of nitrogens with zero attached hydrogens (tertiary/aromatic N) is 2. The first-order valence-corrected chi connectivity index (χ1v) is 18.2. The van der Waals surface area contributed by atoms with E-state index in [1.54, 1.807) is 74.4 Å². The van der Waals surface area contributed by atoms with Crippen LogP contribution in [-0.2, 0) is 14.4 Å². The summed E-state index contributed by atoms with van der Waals surface area (Å²) >= 11 is 6.07. The van der Waals surface area contributed by atoms with Crippen LogP contribution in [0.15, 0.2) is 66.7 Å². The highest BCUT2D eigenvalue weighted by molar-refractivity contribution is 6.30. The molecule has 0 bridgehead atoms. The van der Waals surface area contributed by atoms with E-state index < -0.39 is 48.1 Å². The second-order valence-corrected chi connectivity index (χ2v) is 14.7. The molecule has 3 aromatic rings. The van der Waals surface area contributed by atoms with Gasteiger partial charge in [-0.2, -0.15) is 0 Å². The van der Waals surface area contributed by atoms with Crippen molar-refractivity contribution in [1.29, 1.82) is 0 Å². The number of likely N-dealkylation sites (N-methyl/N-ethyl adjacent to an activating group) is 2. The van der Waals surface area contributed by atoms with Crippen LogP contribution < -0.4 is 24.8 Å². The zero-order valence-electron chi connectivity index (χ0n) is 31.4. The number of rotatable bonds is 11. The number of hydrogen-bond donors (Lipinski definition) is 2. The lowest BCUT2D eigenvalue weighted by molar-refractivity contribution is -0.147. The van der Waals surface area contributed by atoms with Gasteiger partial charge in [-0.25, -0.2) is 4.39 Å². The Labute approximate surface area is 316 Å². The van der Waals surface area contributed by atoms with Crippen LogP contribution in [0.2, 0.25) is 5.02 Å². The van der Waals surface area contributed by atoms with Crippen molar-refractivity contribution in [2.75, 3.05) is 27.3 Å². The largest absolute Gasteiger partial charge is 0.491 e. The molecule has 3 aromatic carbocycles. The Morgan fingerprint density at radius 3 is 2.36 bits per heavy atom. The Balaban J connectivity index is 1.57. The van der Waals surface area contributed by atoms with Crippen LogP contribution in [0.4, 0.5) is 4.39 Å². The summed E-state index contributed by atoms with van der Waals surface area (Å²) in [6, 6.07) is 14.0. The van der Waals surface area contributed by atoms with Gasteiger partial charge in [0.2, 0.25) is 17.7 Å². The maximum atomic E-state index is 14.2. The molecule has 1 aliphatic heterocycles. The second-order valence-electron chi connectivity index (χ2n) is 14.3. The number of carbonyl (C=O) groups is 4. The van der Waals surface area contributed by atoms with Crippen LogP contribution >= 0.6 is 11.6 Å². The fourth-order valence-electron chi connectivity index (χ4n) is 6.01. The summed E-state index contributed by atoms with van der Waals surface area (Å²) in [6.45, 7) is 9.80. The number of nitrogens with one attached hydrogen (secondary N) is 2. The molecule has 0 unspecified atom stereocenters. The number of carbonyl (C=O) groups excluding carboxylic acids is 4. The number of ether oxygens (including phenoxy) is 3. The van der Waals surface area contributed by atoms with Crippen molar-refractivity contribution < 1.29 is 37.8 Å². The molecule has 4 atom stereocenters. The van der Waals surface area contributed by atoms with Crippen LogP contribution in [0.25, 0.3) is 0 Å². The zero-order chi connectivity index (χ0) is 38.8. The third-order valence-corrected chi connectivity index (χ3v) is 9.09. The topological polar surface area (TPSA) is 127 Å². The molecule has 0 saturated heterocycles. The molecule has 0 aromatic heterocycles. The van der Waals surface area contributed by atoms with Gasteiger partial charge in [0.15, 0.2) is 11.5 Å². The fourth-order valence-corrected chi connectivity index (χ4v) is 6.19. The van der Waals surface area contributed by atoms with Gasteiger partial charge in [0.1, 0.15) is 42.6 Å². The van der Waals surface area contributed by atoms with E-state index in [0.717, 1.165) is 0 Å². The zero-order valence-corrected chi connectivity index (χ0v) is 32.1. The SMILES string of the molecule is CC(C)C[C@@H]1COc2ccccc2C(=O)N[C@H](C(=O)N[C@H](C)COc2ccc(F)cc2Oc2cccc(Cl)c2)CC(=O)N(C)[C@@H](CC(C)C)C(=O)N1C. The Bertz CT molecular complexity index is 1760. The fraction of sp³-hybridized carbons (Fsp3) is 0.450. The van der Waals surface area contributed by atoms with Crippen molar-refractivity contribution in [3.05, 3.63) is 83.1 Å². The van der Waals surface area contributed by atoms with Gasteiger partial charge in [0, 0.05) is 25.2 Å². The smallest absolute Gasteiger partial charge is 0.255 e. The van der Waals surface area contributed by atoms with Crippen LogP contribution in [0.5, 0.6) is 23.0 Å². The van der Waals surface area contributed by atoms with Gasteiger partial charge in [-0.1, -0.05) is 57.5 Å². The maximum Gasteiger partial charge on any atom is 0.255 e. The summed E-state index contributed by atoms with van der Waals surface area (Å²) in [5.74, 6) is -1.20. The van der Waals surface area contributed by atoms with Gasteiger partial charge in [-0.05, 0) is 74.1 Å². The van der Waals surface area contributed by atoms with Crippen LogP contribution in [0, 0.1) is 17.7 Å². The van der Waals surface area contributed by atoms with Gasteiger partial charge in [0.25, 0.3) is 5.91 Å². The standard InChI is InChI=1S/C40H50ClFN4O7/c1-24(2)17-29-23-52-34-14-9-8-13-31(34)38(48)44-32(21-37(47)46(7)33(18-25(3)4)40(50)45(29)6)39(49)43-26(5)22-51-35-16-15-28(42)20-36(35)53-30-12-10-11-27(41)19-30/h8-16,19-20,24-26,29,32-33H,17-18,21-23H2,1-7H3,(H,43,49)(H,44,48)/t26-,29-,32+,33+/m1/s1. The number of hydrogen-bond acceptors (Lipinski definition) is 7. The normalized spacial score (nSPS) is 19.2. The molecule has 4 rings (SSSR count). The van der Waals surface area contributed by atoms with E-state index in [1.807, 2.05) is 13.8 Å². The van der Waals surface area contributed by atoms with E-state index in [0.29, 0.717) is 23.6 Å². The molecule has 11 nitrogen and oxygen atoms in total. The monoisotopic (exact) mass is 752 g/mol. The number of para-hydroxylation sites is 1. The summed E-state index contributed by atoms with van der Waals surface area (Å²) in [7, 11) is 3.27. The number of benzene rings is 3. The van der Waals surface area contributed by atoms with E-state index in [2.05, 4.69) is 24.5 Å². The molecular weight excluding hydrogens is 703 g/mol. The molecule has 0 aliphatic carbocycles. The molecule has 13 heteroatoms. The number of amides is 4. The molecule has 0 saturated carbocycles. The van der Waals surface area contributed by atoms with Gasteiger partial charge in [-0.3, -0.25) is 19.2 Å². The predicted octanol–water partition coefficient (Wildman–Crippen LogP) is 6.48. The molecule has 0 spiro atoms. The van der Waals surface area contributed by atoms with E-state index >= 15 is 0 Å². The molecule has 0 fully saturated rings. The average Bonchev–Trinajstić information content (AvgIpc) is 3.10. The third kappa shape index (κ3) is 11.6. The minimum atomic E-state index is -1.32. The first-order chi connectivity index (χ1) is 25.1. The lowest BCUT2D eigenvalue weighted by atomic mass is 9.98. The lowest BCUT2D eigenvalue weighted by Gasteiger charge is -2.37. The summed E-state index contributed by atoms with van der Waals surface area (Å²) in [4.78, 5) is 58.6. The first kappa shape index (κ1) is 40.9. The van der Waals surface area contributed by atoms with Crippen molar-refractivity contribution in [3.63, 3.8) is 0 Å². The van der Waals surface area contributed by atoms with Crippen molar-refractivity contribution >= 4 is 35.2 Å².